The van der Waals surface area contributed by atoms with Gasteiger partial charge in [0.25, 0.3) is 0 Å². The van der Waals surface area contributed by atoms with Crippen LogP contribution in [0.25, 0.3) is 0 Å². The number of rotatable bonds is 7. The third-order valence-electron chi connectivity index (χ3n) is 7.38. The van der Waals surface area contributed by atoms with E-state index in [1.165, 1.54) is 10.9 Å². The molecule has 119 valence electrons. The second-order valence-electron chi connectivity index (χ2n) is 8.26. The van der Waals surface area contributed by atoms with Crippen LogP contribution >= 0.6 is 0 Å². The maximum absolute atomic E-state index is 1.76. The molecule has 0 aromatic rings. The van der Waals surface area contributed by atoms with Gasteiger partial charge in [-0.3, -0.25) is 0 Å². The van der Waals surface area contributed by atoms with Crippen molar-refractivity contribution in [2.24, 2.45) is 23.2 Å². The molecule has 0 aromatic carbocycles. The van der Waals surface area contributed by atoms with Crippen molar-refractivity contribution in [3.8, 4) is 0 Å². The van der Waals surface area contributed by atoms with Gasteiger partial charge in [-0.05, 0) is 0 Å². The van der Waals surface area contributed by atoms with Crippen LogP contribution in [0.2, 0.25) is 4.44 Å². The maximum atomic E-state index is 1.76. The molecule has 3 radical (unpaired) electrons. The molecule has 3 aliphatic rings. The summed E-state index contributed by atoms with van der Waals surface area (Å²) in [6.07, 6.45) is 23.5. The normalized spacial score (nSPS) is 26.1. The molecule has 0 spiro atoms. The summed E-state index contributed by atoms with van der Waals surface area (Å²) < 4.78 is 1.49. The molecule has 0 aromatic heterocycles. The molecule has 3 rings (SSSR count). The Morgan fingerprint density at radius 1 is 0.619 bits per heavy atom. The third kappa shape index (κ3) is 3.50. The zero-order chi connectivity index (χ0) is 14.5. The van der Waals surface area contributed by atoms with Crippen molar-refractivity contribution in [3.05, 3.63) is 0 Å². The van der Waals surface area contributed by atoms with Crippen molar-refractivity contribution < 1.29 is 0 Å². The van der Waals surface area contributed by atoms with Crippen LogP contribution in [0.5, 0.6) is 0 Å². The molecule has 21 heavy (non-hydrogen) atoms. The number of hydrogen-bond acceptors (Lipinski definition) is 0. The Kier molecular flexibility index (Phi) is 6.39. The standard InChI is InChI=1S/C20H35.Sn/c1-2-3-16-20(17-10-4-5-11-17,18-12-6-7-13-18)19-14-8-9-15-19;/h17-19H,1-16H2;. The molecule has 3 fully saturated rings. The molecule has 3 saturated carbocycles. The van der Waals surface area contributed by atoms with Gasteiger partial charge in [-0.25, -0.2) is 0 Å². The van der Waals surface area contributed by atoms with Gasteiger partial charge in [0.2, 0.25) is 0 Å². The SMILES string of the molecule is [Sn][CH2]CCCC(C1CCCC1)(C1CCCC1)C1CCCC1. The molecule has 0 saturated heterocycles. The van der Waals surface area contributed by atoms with Gasteiger partial charge in [-0.15, -0.1) is 0 Å². The van der Waals surface area contributed by atoms with Gasteiger partial charge >= 0.3 is 146 Å². The van der Waals surface area contributed by atoms with Gasteiger partial charge in [0.15, 0.2) is 0 Å². The first kappa shape index (κ1) is 16.6. The van der Waals surface area contributed by atoms with E-state index in [1.54, 1.807) is 112 Å². The van der Waals surface area contributed by atoms with Crippen LogP contribution in [0.4, 0.5) is 0 Å². The second-order valence-corrected chi connectivity index (χ2v) is 9.69. The Morgan fingerprint density at radius 2 is 1.00 bits per heavy atom. The minimum absolute atomic E-state index is 0.800. The van der Waals surface area contributed by atoms with E-state index >= 15 is 0 Å². The van der Waals surface area contributed by atoms with Gasteiger partial charge in [-0.1, -0.05) is 0 Å². The predicted molar refractivity (Wildman–Crippen MR) is 92.7 cm³/mol. The quantitative estimate of drug-likeness (QED) is 0.351. The molecule has 1 heteroatoms. The van der Waals surface area contributed by atoms with Crippen LogP contribution in [0.1, 0.15) is 96.3 Å². The Balaban J connectivity index is 1.83. The first-order valence-electron chi connectivity index (χ1n) is 10.0. The van der Waals surface area contributed by atoms with E-state index in [4.69, 9.17) is 0 Å². The van der Waals surface area contributed by atoms with Crippen molar-refractivity contribution >= 4 is 22.5 Å². The molecule has 0 heterocycles. The van der Waals surface area contributed by atoms with Crippen molar-refractivity contribution in [3.63, 3.8) is 0 Å². The van der Waals surface area contributed by atoms with E-state index in [9.17, 15) is 0 Å². The van der Waals surface area contributed by atoms with Crippen molar-refractivity contribution in [2.75, 3.05) is 0 Å². The minimum atomic E-state index is 0.800. The molecule has 0 bridgehead atoms. The summed E-state index contributed by atoms with van der Waals surface area (Å²) in [6.45, 7) is 0. The first-order valence-corrected chi connectivity index (χ1v) is 12.0. The summed E-state index contributed by atoms with van der Waals surface area (Å²) in [5, 5.41) is 0. The fourth-order valence-corrected chi connectivity index (χ4v) is 7.27. The van der Waals surface area contributed by atoms with Crippen LogP contribution < -0.4 is 0 Å². The molecule has 0 N–H and O–H groups in total. The monoisotopic (exact) mass is 395 g/mol. The van der Waals surface area contributed by atoms with Gasteiger partial charge in [0.1, 0.15) is 0 Å². The average Bonchev–Trinajstić information content (AvgIpc) is 3.28. The summed E-state index contributed by atoms with van der Waals surface area (Å²) in [4.78, 5) is 0. The van der Waals surface area contributed by atoms with Crippen molar-refractivity contribution in [2.45, 2.75) is 101 Å². The molecular formula is C20H35Sn. The van der Waals surface area contributed by atoms with Crippen LogP contribution in [0.15, 0.2) is 0 Å². The van der Waals surface area contributed by atoms with Gasteiger partial charge in [-0.2, -0.15) is 0 Å². The topological polar surface area (TPSA) is 0 Å². The Morgan fingerprint density at radius 3 is 1.33 bits per heavy atom. The van der Waals surface area contributed by atoms with E-state index in [0.717, 1.165) is 23.2 Å². The fourth-order valence-electron chi connectivity index (χ4n) is 6.56. The predicted octanol–water partition coefficient (Wildman–Crippen LogP) is 6.30. The van der Waals surface area contributed by atoms with Gasteiger partial charge in [0.05, 0.1) is 0 Å². The zero-order valence-corrected chi connectivity index (χ0v) is 16.9. The van der Waals surface area contributed by atoms with E-state index in [0.29, 0.717) is 0 Å². The third-order valence-corrected chi connectivity index (χ3v) is 8.39. The van der Waals surface area contributed by atoms with Crippen LogP contribution in [0, 0.1) is 23.2 Å². The molecule has 3 aliphatic carbocycles. The van der Waals surface area contributed by atoms with E-state index < -0.39 is 0 Å². The van der Waals surface area contributed by atoms with E-state index in [-0.39, 0.29) is 0 Å². The fraction of sp³-hybridized carbons (Fsp3) is 1.00. The van der Waals surface area contributed by atoms with E-state index in [2.05, 4.69) is 0 Å². The van der Waals surface area contributed by atoms with Crippen molar-refractivity contribution in [1.82, 2.24) is 0 Å². The van der Waals surface area contributed by atoms with Gasteiger partial charge < -0.3 is 0 Å². The molecular weight excluding hydrogens is 359 g/mol. The molecule has 0 atom stereocenters. The molecule has 0 amide bonds. The summed E-state index contributed by atoms with van der Waals surface area (Å²) in [5.74, 6) is 3.36. The summed E-state index contributed by atoms with van der Waals surface area (Å²) in [5.41, 5.74) is 0.800. The second kappa shape index (κ2) is 8.06. The van der Waals surface area contributed by atoms with Crippen LogP contribution in [-0.2, 0) is 0 Å². The Hall–Kier alpha value is 0.799. The van der Waals surface area contributed by atoms with Crippen LogP contribution in [-0.4, -0.2) is 22.5 Å². The zero-order valence-electron chi connectivity index (χ0n) is 14.0. The average molecular weight is 394 g/mol. The molecule has 0 unspecified atom stereocenters. The summed E-state index contributed by atoms with van der Waals surface area (Å²) >= 11 is 1.76. The van der Waals surface area contributed by atoms with Crippen molar-refractivity contribution in [1.29, 1.82) is 0 Å². The Bertz CT molecular complexity index is 252. The summed E-state index contributed by atoms with van der Waals surface area (Å²) in [7, 11) is 0. The van der Waals surface area contributed by atoms with Gasteiger partial charge in [0, 0.05) is 0 Å². The van der Waals surface area contributed by atoms with E-state index in [1.807, 2.05) is 0 Å². The summed E-state index contributed by atoms with van der Waals surface area (Å²) in [6, 6.07) is 0. The number of unbranched alkanes of at least 4 members (excludes halogenated alkanes) is 1. The van der Waals surface area contributed by atoms with Crippen LogP contribution in [0.3, 0.4) is 0 Å². The first-order chi connectivity index (χ1) is 10.4. The molecule has 0 aliphatic heterocycles. The molecule has 0 nitrogen and oxygen atoms in total. The number of hydrogen-bond donors (Lipinski definition) is 0. The Labute approximate surface area is 146 Å².